The van der Waals surface area contributed by atoms with Crippen LogP contribution >= 0.6 is 24.0 Å². The summed E-state index contributed by atoms with van der Waals surface area (Å²) in [5, 5.41) is 0. The lowest BCUT2D eigenvalue weighted by molar-refractivity contribution is -0.0895. The van der Waals surface area contributed by atoms with E-state index in [1.54, 1.807) is 11.8 Å². The molecule has 0 unspecified atom stereocenters. The van der Waals surface area contributed by atoms with Gasteiger partial charge >= 0.3 is 0 Å². The number of benzene rings is 3. The van der Waals surface area contributed by atoms with Crippen LogP contribution in [-0.4, -0.2) is 52.7 Å². The Labute approximate surface area is 236 Å². The fraction of sp³-hybridized carbons (Fsp3) is 0.387. The van der Waals surface area contributed by atoms with E-state index in [2.05, 4.69) is 55.1 Å². The number of nitrogens with zero attached hydrogens (tertiary/aromatic N) is 1. The molecule has 7 heteroatoms. The highest BCUT2D eigenvalue weighted by Crippen LogP contribution is 2.36. The third kappa shape index (κ3) is 8.37. The molecule has 0 amide bonds. The molecule has 0 radical (unpaired) electrons. The van der Waals surface area contributed by atoms with Crippen LogP contribution in [0.2, 0.25) is 0 Å². The van der Waals surface area contributed by atoms with Gasteiger partial charge in [-0.3, -0.25) is 0 Å². The van der Waals surface area contributed by atoms with Crippen molar-refractivity contribution in [3.8, 4) is 0 Å². The Morgan fingerprint density at radius 3 is 1.71 bits per heavy atom. The van der Waals surface area contributed by atoms with E-state index in [0.29, 0.717) is 26.4 Å². The van der Waals surface area contributed by atoms with Crippen molar-refractivity contribution in [3.05, 3.63) is 108 Å². The summed E-state index contributed by atoms with van der Waals surface area (Å²) < 4.78 is 26.6. The number of rotatable bonds is 13. The average molecular weight is 552 g/mol. The van der Waals surface area contributed by atoms with Crippen molar-refractivity contribution in [2.45, 2.75) is 57.4 Å². The van der Waals surface area contributed by atoms with Gasteiger partial charge in [0.1, 0.15) is 28.1 Å². The van der Waals surface area contributed by atoms with E-state index in [-0.39, 0.29) is 23.7 Å². The van der Waals surface area contributed by atoms with Crippen molar-refractivity contribution in [1.82, 2.24) is 4.90 Å². The van der Waals surface area contributed by atoms with Gasteiger partial charge in [0.2, 0.25) is 0 Å². The SMILES string of the molecule is CCN(CC)C(=S)S[C@@H]1O[C@H](COCc2ccccc2)[C@@H](OCc2ccccc2)[C@H]1OCc1ccccc1. The lowest BCUT2D eigenvalue weighted by Crippen LogP contribution is -2.39. The molecule has 0 spiro atoms. The molecule has 1 aliphatic heterocycles. The van der Waals surface area contributed by atoms with Crippen LogP contribution in [-0.2, 0) is 38.8 Å². The van der Waals surface area contributed by atoms with Crippen molar-refractivity contribution in [2.75, 3.05) is 19.7 Å². The van der Waals surface area contributed by atoms with E-state index in [4.69, 9.17) is 31.2 Å². The summed E-state index contributed by atoms with van der Waals surface area (Å²) in [7, 11) is 0. The molecule has 4 atom stereocenters. The first-order chi connectivity index (χ1) is 18.7. The van der Waals surface area contributed by atoms with E-state index in [1.165, 1.54) is 0 Å². The first-order valence-corrected chi connectivity index (χ1v) is 14.5. The minimum absolute atomic E-state index is 0.291. The van der Waals surface area contributed by atoms with Crippen LogP contribution in [0.15, 0.2) is 91.0 Å². The summed E-state index contributed by atoms with van der Waals surface area (Å²) in [6, 6.07) is 30.5. The third-order valence-corrected chi connectivity index (χ3v) is 8.09. The van der Waals surface area contributed by atoms with Gasteiger partial charge in [0.05, 0.1) is 26.4 Å². The summed E-state index contributed by atoms with van der Waals surface area (Å²) in [5.41, 5.74) is 3.02. The minimum Gasteiger partial charge on any atom is -0.374 e. The predicted molar refractivity (Wildman–Crippen MR) is 158 cm³/mol. The molecule has 5 nitrogen and oxygen atoms in total. The van der Waals surface area contributed by atoms with E-state index in [9.17, 15) is 0 Å². The molecule has 1 aliphatic rings. The van der Waals surface area contributed by atoms with Crippen molar-refractivity contribution in [1.29, 1.82) is 0 Å². The third-order valence-electron chi connectivity index (χ3n) is 6.47. The lowest BCUT2D eigenvalue weighted by atomic mass is 10.1. The van der Waals surface area contributed by atoms with E-state index in [1.807, 2.05) is 54.6 Å². The second-order valence-corrected chi connectivity index (χ2v) is 10.9. The highest BCUT2D eigenvalue weighted by atomic mass is 32.2. The molecule has 3 aromatic rings. The Hall–Kier alpha value is -2.26. The molecule has 38 heavy (non-hydrogen) atoms. The van der Waals surface area contributed by atoms with Crippen LogP contribution < -0.4 is 0 Å². The average Bonchev–Trinajstić information content (AvgIpc) is 3.28. The number of thioether (sulfide) groups is 1. The lowest BCUT2D eigenvalue weighted by Gasteiger charge is -2.27. The smallest absolute Gasteiger partial charge is 0.139 e. The number of hydrogen-bond acceptors (Lipinski definition) is 6. The second kappa shape index (κ2) is 15.4. The van der Waals surface area contributed by atoms with Gasteiger partial charge in [-0.05, 0) is 30.5 Å². The molecule has 3 aromatic carbocycles. The first kappa shape index (κ1) is 28.7. The molecule has 0 aliphatic carbocycles. The fourth-order valence-electron chi connectivity index (χ4n) is 4.35. The summed E-state index contributed by atoms with van der Waals surface area (Å²) in [6.07, 6.45) is -0.922. The Morgan fingerprint density at radius 2 is 1.21 bits per heavy atom. The van der Waals surface area contributed by atoms with Gasteiger partial charge in [-0.25, -0.2) is 0 Å². The molecule has 1 saturated heterocycles. The summed E-state index contributed by atoms with van der Waals surface area (Å²) in [5.74, 6) is 0. The van der Waals surface area contributed by atoms with Crippen LogP contribution in [0.4, 0.5) is 0 Å². The Kier molecular flexibility index (Phi) is 11.6. The molecule has 4 rings (SSSR count). The maximum absolute atomic E-state index is 6.59. The molecule has 0 aromatic heterocycles. The maximum atomic E-state index is 6.59. The van der Waals surface area contributed by atoms with Gasteiger partial charge in [0.25, 0.3) is 0 Å². The topological polar surface area (TPSA) is 40.2 Å². The Bertz CT molecular complexity index is 1080. The van der Waals surface area contributed by atoms with Gasteiger partial charge in [-0.2, -0.15) is 0 Å². The van der Waals surface area contributed by atoms with Crippen molar-refractivity contribution in [2.24, 2.45) is 0 Å². The highest BCUT2D eigenvalue weighted by Gasteiger charge is 2.47. The van der Waals surface area contributed by atoms with Crippen LogP contribution in [0, 0.1) is 0 Å². The van der Waals surface area contributed by atoms with Crippen LogP contribution in [0.5, 0.6) is 0 Å². The van der Waals surface area contributed by atoms with Gasteiger partial charge in [0, 0.05) is 13.1 Å². The first-order valence-electron chi connectivity index (χ1n) is 13.2. The Balaban J connectivity index is 1.51. The largest absolute Gasteiger partial charge is 0.374 e. The molecular weight excluding hydrogens is 514 g/mol. The van der Waals surface area contributed by atoms with Crippen LogP contribution in [0.25, 0.3) is 0 Å². The number of ether oxygens (including phenoxy) is 4. The van der Waals surface area contributed by atoms with Crippen LogP contribution in [0.3, 0.4) is 0 Å². The van der Waals surface area contributed by atoms with Crippen LogP contribution in [0.1, 0.15) is 30.5 Å². The zero-order valence-corrected chi connectivity index (χ0v) is 23.7. The zero-order chi connectivity index (χ0) is 26.6. The highest BCUT2D eigenvalue weighted by molar-refractivity contribution is 8.23. The zero-order valence-electron chi connectivity index (χ0n) is 22.1. The molecule has 0 N–H and O–H groups in total. The van der Waals surface area contributed by atoms with Gasteiger partial charge in [-0.15, -0.1) is 0 Å². The number of hydrogen-bond donors (Lipinski definition) is 0. The monoisotopic (exact) mass is 551 g/mol. The summed E-state index contributed by atoms with van der Waals surface area (Å²) in [4.78, 5) is 2.16. The summed E-state index contributed by atoms with van der Waals surface area (Å²) in [6.45, 7) is 7.76. The van der Waals surface area contributed by atoms with E-state index in [0.717, 1.165) is 34.1 Å². The molecule has 202 valence electrons. The van der Waals surface area contributed by atoms with Crippen molar-refractivity contribution < 1.29 is 18.9 Å². The maximum Gasteiger partial charge on any atom is 0.139 e. The summed E-state index contributed by atoms with van der Waals surface area (Å²) >= 11 is 7.33. The number of thiocarbonyl (C=S) groups is 1. The van der Waals surface area contributed by atoms with Crippen molar-refractivity contribution in [3.63, 3.8) is 0 Å². The van der Waals surface area contributed by atoms with E-state index < -0.39 is 0 Å². The van der Waals surface area contributed by atoms with Crippen molar-refractivity contribution >= 4 is 28.3 Å². The molecular formula is C31H37NO4S2. The molecule has 1 fully saturated rings. The van der Waals surface area contributed by atoms with Gasteiger partial charge < -0.3 is 23.8 Å². The molecule has 1 heterocycles. The van der Waals surface area contributed by atoms with Gasteiger partial charge in [0.15, 0.2) is 0 Å². The Morgan fingerprint density at radius 1 is 0.737 bits per heavy atom. The minimum atomic E-state index is -0.317. The van der Waals surface area contributed by atoms with E-state index >= 15 is 0 Å². The fourth-order valence-corrected chi connectivity index (χ4v) is 6.07. The van der Waals surface area contributed by atoms with Gasteiger partial charge in [-0.1, -0.05) is 115 Å². The normalized spacial score (nSPS) is 20.9. The molecule has 0 saturated carbocycles. The predicted octanol–water partition coefficient (Wildman–Crippen LogP) is 6.46. The standard InChI is InChI=1S/C31H37NO4S2/c1-3-32(4-2)31(37)38-30-29(35-22-26-18-12-7-13-19-26)28(34-21-25-16-10-6-11-17-25)27(36-30)23-33-20-24-14-8-5-9-15-24/h5-19,27-30H,3-4,20-23H2,1-2H3/t27-,28-,29-,30+/m1/s1. The quantitative estimate of drug-likeness (QED) is 0.226. The molecule has 0 bridgehead atoms. The second-order valence-electron chi connectivity index (χ2n) is 9.12.